The van der Waals surface area contributed by atoms with E-state index in [0.717, 1.165) is 12.8 Å². The van der Waals surface area contributed by atoms with Crippen molar-refractivity contribution in [2.24, 2.45) is 5.92 Å². The van der Waals surface area contributed by atoms with Gasteiger partial charge in [0, 0.05) is 0 Å². The van der Waals surface area contributed by atoms with Crippen LogP contribution in [0.2, 0.25) is 5.04 Å². The zero-order chi connectivity index (χ0) is 22.0. The smallest absolute Gasteiger partial charge is 0.351 e. The largest absolute Gasteiger partial charge is 0.404 e. The second-order valence-electron chi connectivity index (χ2n) is 9.26. The average Bonchev–Trinajstić information content (AvgIpc) is 3.41. The van der Waals surface area contributed by atoms with E-state index in [-0.39, 0.29) is 11.0 Å². The Morgan fingerprint density at radius 3 is 1.90 bits per heavy atom. The van der Waals surface area contributed by atoms with Crippen LogP contribution in [-0.2, 0) is 13.7 Å². The van der Waals surface area contributed by atoms with Crippen molar-refractivity contribution in [2.75, 3.05) is 13.0 Å². The molecule has 2 N–H and O–H groups in total. The van der Waals surface area contributed by atoms with Crippen LogP contribution >= 0.6 is 7.60 Å². The quantitative estimate of drug-likeness (QED) is 0.450. The summed E-state index contributed by atoms with van der Waals surface area (Å²) >= 11 is 0. The van der Waals surface area contributed by atoms with Gasteiger partial charge in [-0.05, 0) is 27.8 Å². The Labute approximate surface area is 180 Å². The minimum atomic E-state index is -4.24. The number of rotatable bonds is 9. The predicted octanol–water partition coefficient (Wildman–Crippen LogP) is 3.88. The van der Waals surface area contributed by atoms with Crippen molar-refractivity contribution in [3.05, 3.63) is 60.7 Å². The van der Waals surface area contributed by atoms with Crippen molar-refractivity contribution in [3.63, 3.8) is 0 Å². The first kappa shape index (κ1) is 23.4. The molecule has 2 atom stereocenters. The van der Waals surface area contributed by atoms with Gasteiger partial charge in [0.15, 0.2) is 0 Å². The van der Waals surface area contributed by atoms with Crippen LogP contribution in [0.5, 0.6) is 0 Å². The molecule has 0 amide bonds. The molecule has 1 saturated carbocycles. The second kappa shape index (κ2) is 8.70. The maximum Gasteiger partial charge on any atom is 0.351 e. The Morgan fingerprint density at radius 1 is 1.03 bits per heavy atom. The second-order valence-corrected chi connectivity index (χ2v) is 15.2. The number of hydrogen-bond acceptors (Lipinski definition) is 3. The molecule has 2 aromatic rings. The van der Waals surface area contributed by atoms with Crippen LogP contribution in [-0.4, -0.2) is 36.7 Å². The Kier molecular flexibility index (Phi) is 6.78. The minimum absolute atomic E-state index is 0.156. The molecule has 0 radical (unpaired) electrons. The van der Waals surface area contributed by atoms with E-state index in [1.54, 1.807) is 0 Å². The van der Waals surface area contributed by atoms with Crippen LogP contribution in [0.1, 0.15) is 40.5 Å². The van der Waals surface area contributed by atoms with Crippen molar-refractivity contribution in [3.8, 4) is 0 Å². The SMILES string of the molecule is CCC1CC1(CO[Si](c1ccccc1)(c1ccccc1)C(C)(C)C)OCP(=O)(O)O. The van der Waals surface area contributed by atoms with Gasteiger partial charge >= 0.3 is 7.60 Å². The Morgan fingerprint density at radius 2 is 1.53 bits per heavy atom. The molecule has 1 aliphatic carbocycles. The molecule has 5 nitrogen and oxygen atoms in total. The summed E-state index contributed by atoms with van der Waals surface area (Å²) in [6, 6.07) is 20.7. The van der Waals surface area contributed by atoms with E-state index in [9.17, 15) is 14.4 Å². The summed E-state index contributed by atoms with van der Waals surface area (Å²) in [6.07, 6.45) is 1.10. The molecule has 0 heterocycles. The monoisotopic (exact) mass is 448 g/mol. The van der Waals surface area contributed by atoms with Gasteiger partial charge in [0.1, 0.15) is 6.35 Å². The molecule has 7 heteroatoms. The molecule has 3 rings (SSSR count). The molecule has 0 saturated heterocycles. The normalized spacial score (nSPS) is 22.1. The molecule has 164 valence electrons. The molecule has 0 bridgehead atoms. The van der Waals surface area contributed by atoms with E-state index in [4.69, 9.17) is 9.16 Å². The lowest BCUT2D eigenvalue weighted by atomic mass is 10.2. The maximum absolute atomic E-state index is 11.4. The first-order chi connectivity index (χ1) is 14.0. The molecule has 0 spiro atoms. The highest BCUT2D eigenvalue weighted by Gasteiger charge is 2.58. The lowest BCUT2D eigenvalue weighted by molar-refractivity contribution is 0.00273. The topological polar surface area (TPSA) is 76.0 Å². The van der Waals surface area contributed by atoms with E-state index < -0.39 is 27.9 Å². The third-order valence-electron chi connectivity index (χ3n) is 6.14. The van der Waals surface area contributed by atoms with Crippen LogP contribution in [0.3, 0.4) is 0 Å². The van der Waals surface area contributed by atoms with E-state index in [1.165, 1.54) is 10.4 Å². The highest BCUT2D eigenvalue weighted by Crippen LogP contribution is 2.52. The van der Waals surface area contributed by atoms with Crippen molar-refractivity contribution in [1.29, 1.82) is 0 Å². The molecular weight excluding hydrogens is 415 g/mol. The van der Waals surface area contributed by atoms with Crippen LogP contribution < -0.4 is 10.4 Å². The van der Waals surface area contributed by atoms with E-state index in [1.807, 2.05) is 36.4 Å². The number of ether oxygens (including phenoxy) is 1. The summed E-state index contributed by atoms with van der Waals surface area (Å²) in [7, 11) is -6.95. The van der Waals surface area contributed by atoms with Gasteiger partial charge < -0.3 is 18.9 Å². The van der Waals surface area contributed by atoms with E-state index in [0.29, 0.717) is 6.61 Å². The van der Waals surface area contributed by atoms with Crippen LogP contribution in [0, 0.1) is 5.92 Å². The lowest BCUT2D eigenvalue weighted by Gasteiger charge is -2.44. The standard InChI is InChI=1S/C23H33O5PSi/c1-5-19-16-23(19,27-18-29(24,25)26)17-28-30(22(2,3)4,20-12-8-6-9-13-20)21-14-10-7-11-15-21/h6-15,19H,5,16-18H2,1-4H3,(H2,24,25,26). The predicted molar refractivity (Wildman–Crippen MR) is 123 cm³/mol. The third-order valence-corrected chi connectivity index (χ3v) is 11.6. The van der Waals surface area contributed by atoms with Gasteiger partial charge in [-0.1, -0.05) is 94.8 Å². The molecule has 1 aliphatic rings. The average molecular weight is 449 g/mol. The zero-order valence-electron chi connectivity index (χ0n) is 18.2. The summed E-state index contributed by atoms with van der Waals surface area (Å²) < 4.78 is 24.2. The molecule has 30 heavy (non-hydrogen) atoms. The van der Waals surface area contributed by atoms with Crippen molar-refractivity contribution >= 4 is 26.3 Å². The lowest BCUT2D eigenvalue weighted by Crippen LogP contribution is -2.67. The summed E-state index contributed by atoms with van der Waals surface area (Å²) in [4.78, 5) is 18.7. The Balaban J connectivity index is 2.00. The van der Waals surface area contributed by atoms with Gasteiger partial charge in [0.05, 0.1) is 12.2 Å². The Hall–Kier alpha value is -1.27. The van der Waals surface area contributed by atoms with E-state index in [2.05, 4.69) is 52.0 Å². The van der Waals surface area contributed by atoms with Gasteiger partial charge in [-0.3, -0.25) is 4.57 Å². The van der Waals surface area contributed by atoms with Crippen molar-refractivity contribution < 1.29 is 23.5 Å². The van der Waals surface area contributed by atoms with Crippen molar-refractivity contribution in [1.82, 2.24) is 0 Å². The highest BCUT2D eigenvalue weighted by atomic mass is 31.2. The Bertz CT molecular complexity index is 838. The molecule has 1 fully saturated rings. The van der Waals surface area contributed by atoms with Crippen LogP contribution in [0.4, 0.5) is 0 Å². The zero-order valence-corrected chi connectivity index (χ0v) is 20.1. The first-order valence-electron chi connectivity index (χ1n) is 10.5. The molecule has 0 aromatic heterocycles. The van der Waals surface area contributed by atoms with Gasteiger partial charge in [-0.15, -0.1) is 0 Å². The van der Waals surface area contributed by atoms with Gasteiger partial charge in [-0.2, -0.15) is 0 Å². The molecule has 2 unspecified atom stereocenters. The fourth-order valence-corrected chi connectivity index (χ4v) is 9.52. The van der Waals surface area contributed by atoms with Gasteiger partial charge in [0.2, 0.25) is 0 Å². The van der Waals surface area contributed by atoms with Crippen LogP contribution in [0.25, 0.3) is 0 Å². The van der Waals surface area contributed by atoms with Gasteiger partial charge in [0.25, 0.3) is 8.32 Å². The maximum atomic E-state index is 11.4. The molecule has 2 aromatic carbocycles. The summed E-state index contributed by atoms with van der Waals surface area (Å²) in [5.41, 5.74) is -0.622. The van der Waals surface area contributed by atoms with Crippen molar-refractivity contribution in [2.45, 2.75) is 51.2 Å². The van der Waals surface area contributed by atoms with Crippen LogP contribution in [0.15, 0.2) is 60.7 Å². The number of benzene rings is 2. The molecule has 0 aliphatic heterocycles. The first-order valence-corrected chi connectivity index (χ1v) is 14.2. The summed E-state index contributed by atoms with van der Waals surface area (Å²) in [6.45, 7) is 9.06. The summed E-state index contributed by atoms with van der Waals surface area (Å²) in [5, 5.41) is 2.21. The fourth-order valence-electron chi connectivity index (χ4n) is 4.47. The minimum Gasteiger partial charge on any atom is -0.404 e. The highest BCUT2D eigenvalue weighted by molar-refractivity contribution is 7.51. The van der Waals surface area contributed by atoms with E-state index >= 15 is 0 Å². The van der Waals surface area contributed by atoms with Gasteiger partial charge in [-0.25, -0.2) is 0 Å². The summed E-state index contributed by atoms with van der Waals surface area (Å²) in [5.74, 6) is 0.252. The third kappa shape index (κ3) is 4.80. The number of hydrogen-bond donors (Lipinski definition) is 2. The molecular formula is C23H33O5PSi. The fraction of sp³-hybridized carbons (Fsp3) is 0.478.